The lowest BCUT2D eigenvalue weighted by Gasteiger charge is -2.33. The Hall–Kier alpha value is -2.31. The smallest absolute Gasteiger partial charge is 0.209 e. The van der Waals surface area contributed by atoms with Crippen molar-refractivity contribution in [2.75, 3.05) is 13.2 Å². The highest BCUT2D eigenvalue weighted by atomic mass is 19.1. The van der Waals surface area contributed by atoms with Crippen LogP contribution in [0.5, 0.6) is 0 Å². The summed E-state index contributed by atoms with van der Waals surface area (Å²) in [6.07, 6.45) is 1.85. The van der Waals surface area contributed by atoms with Crippen LogP contribution in [0.1, 0.15) is 24.3 Å². The predicted octanol–water partition coefficient (Wildman–Crippen LogP) is 4.29. The first-order valence-electron chi connectivity index (χ1n) is 8.78. The first kappa shape index (κ1) is 17.1. The van der Waals surface area contributed by atoms with Gasteiger partial charge in [-0.05, 0) is 42.7 Å². The highest BCUT2D eigenvalue weighted by molar-refractivity contribution is 5.72. The van der Waals surface area contributed by atoms with E-state index in [1.165, 1.54) is 24.3 Å². The van der Waals surface area contributed by atoms with Crippen molar-refractivity contribution < 1.29 is 17.9 Å². The van der Waals surface area contributed by atoms with Gasteiger partial charge in [0.2, 0.25) is 5.89 Å². The van der Waals surface area contributed by atoms with E-state index in [1.807, 2.05) is 0 Å². The summed E-state index contributed by atoms with van der Waals surface area (Å²) in [7, 11) is 0. The largest absolute Gasteiger partial charge is 0.439 e. The molecule has 1 aliphatic heterocycles. The molecule has 4 rings (SSSR count). The van der Waals surface area contributed by atoms with Gasteiger partial charge in [-0.3, -0.25) is 4.90 Å². The molecule has 4 nitrogen and oxygen atoms in total. The van der Waals surface area contributed by atoms with Crippen molar-refractivity contribution in [2.45, 2.75) is 32.0 Å². The molecule has 0 amide bonds. The zero-order valence-corrected chi connectivity index (χ0v) is 14.3. The zero-order chi connectivity index (χ0) is 17.9. The summed E-state index contributed by atoms with van der Waals surface area (Å²) >= 11 is 0. The number of nitrogens with zero attached hydrogens (tertiary/aromatic N) is 2. The fourth-order valence-electron chi connectivity index (χ4n) is 3.38. The number of benzene rings is 2. The molecule has 1 aromatic heterocycles. The summed E-state index contributed by atoms with van der Waals surface area (Å²) < 4.78 is 37.8. The molecule has 1 saturated heterocycles. The van der Waals surface area contributed by atoms with Gasteiger partial charge in [-0.25, -0.2) is 13.8 Å². The molecule has 0 N–H and O–H groups in total. The minimum absolute atomic E-state index is 0.243. The zero-order valence-electron chi connectivity index (χ0n) is 14.3. The van der Waals surface area contributed by atoms with E-state index in [0.717, 1.165) is 31.6 Å². The molecule has 0 radical (unpaired) electrons. The number of ether oxygens (including phenoxy) is 1. The second-order valence-electron chi connectivity index (χ2n) is 6.59. The molecular weight excluding hydrogens is 338 g/mol. The fourth-order valence-corrected chi connectivity index (χ4v) is 3.38. The molecular formula is C20H20F2N2O2. The maximum absolute atomic E-state index is 13.4. The molecule has 0 aliphatic carbocycles. The van der Waals surface area contributed by atoms with E-state index in [1.54, 1.807) is 18.2 Å². The van der Waals surface area contributed by atoms with Gasteiger partial charge in [0.1, 0.15) is 17.2 Å². The van der Waals surface area contributed by atoms with Gasteiger partial charge in [0, 0.05) is 31.9 Å². The van der Waals surface area contributed by atoms with Gasteiger partial charge < -0.3 is 9.15 Å². The lowest BCUT2D eigenvalue weighted by molar-refractivity contribution is 0.0248. The normalized spacial score (nSPS) is 15.8. The number of rotatable bonds is 5. The SMILES string of the molecule is Fc1ccc(CN(Cc2nc3cc(F)ccc3o2)C2CCOCC2)cc1. The van der Waals surface area contributed by atoms with E-state index >= 15 is 0 Å². The molecule has 26 heavy (non-hydrogen) atoms. The van der Waals surface area contributed by atoms with Crippen LogP contribution in [0.3, 0.4) is 0 Å². The number of fused-ring (bicyclic) bond motifs is 1. The van der Waals surface area contributed by atoms with E-state index in [4.69, 9.17) is 9.15 Å². The minimum Gasteiger partial charge on any atom is -0.439 e. The first-order valence-corrected chi connectivity index (χ1v) is 8.78. The number of aromatic nitrogens is 1. The van der Waals surface area contributed by atoms with Crippen molar-refractivity contribution in [3.05, 3.63) is 65.6 Å². The van der Waals surface area contributed by atoms with Crippen molar-refractivity contribution in [1.82, 2.24) is 9.88 Å². The molecule has 3 aromatic rings. The van der Waals surface area contributed by atoms with Gasteiger partial charge in [0.25, 0.3) is 0 Å². The van der Waals surface area contributed by atoms with Crippen molar-refractivity contribution in [3.8, 4) is 0 Å². The van der Waals surface area contributed by atoms with E-state index in [2.05, 4.69) is 9.88 Å². The maximum atomic E-state index is 13.4. The van der Waals surface area contributed by atoms with Crippen LogP contribution in [0, 0.1) is 11.6 Å². The number of halogens is 2. The van der Waals surface area contributed by atoms with Crippen LogP contribution in [0.25, 0.3) is 11.1 Å². The summed E-state index contributed by atoms with van der Waals surface area (Å²) in [5, 5.41) is 0. The number of hydrogen-bond donors (Lipinski definition) is 0. The summed E-state index contributed by atoms with van der Waals surface area (Å²) in [5.74, 6) is -0.0171. The lowest BCUT2D eigenvalue weighted by Crippen LogP contribution is -2.38. The van der Waals surface area contributed by atoms with Crippen LogP contribution in [0.2, 0.25) is 0 Å². The molecule has 2 heterocycles. The number of oxazole rings is 1. The van der Waals surface area contributed by atoms with Crippen molar-refractivity contribution in [3.63, 3.8) is 0 Å². The average molecular weight is 358 g/mol. The molecule has 0 unspecified atom stereocenters. The third-order valence-corrected chi connectivity index (χ3v) is 4.74. The van der Waals surface area contributed by atoms with Gasteiger partial charge >= 0.3 is 0 Å². The molecule has 0 saturated carbocycles. The maximum Gasteiger partial charge on any atom is 0.209 e. The van der Waals surface area contributed by atoms with Crippen LogP contribution in [-0.2, 0) is 17.8 Å². The third-order valence-electron chi connectivity index (χ3n) is 4.74. The van der Waals surface area contributed by atoms with E-state index in [0.29, 0.717) is 36.1 Å². The minimum atomic E-state index is -0.329. The van der Waals surface area contributed by atoms with Crippen LogP contribution < -0.4 is 0 Å². The monoisotopic (exact) mass is 358 g/mol. The van der Waals surface area contributed by atoms with Crippen LogP contribution in [-0.4, -0.2) is 29.1 Å². The summed E-state index contributed by atoms with van der Waals surface area (Å²) in [6.45, 7) is 2.63. The summed E-state index contributed by atoms with van der Waals surface area (Å²) in [5.41, 5.74) is 2.13. The molecule has 0 bridgehead atoms. The van der Waals surface area contributed by atoms with Gasteiger partial charge in [-0.2, -0.15) is 0 Å². The Labute approximate surface area is 150 Å². The van der Waals surface area contributed by atoms with Gasteiger partial charge in [-0.15, -0.1) is 0 Å². The summed E-state index contributed by atoms with van der Waals surface area (Å²) in [4.78, 5) is 6.70. The molecule has 136 valence electrons. The topological polar surface area (TPSA) is 38.5 Å². The molecule has 0 atom stereocenters. The molecule has 1 aliphatic rings. The molecule has 2 aromatic carbocycles. The standard InChI is InChI=1S/C20H20F2N2O2/c21-15-3-1-14(2-4-15)12-24(17-7-9-25-10-8-17)13-20-23-18-11-16(22)5-6-19(18)26-20/h1-6,11,17H,7-10,12-13H2. The van der Waals surface area contributed by atoms with Gasteiger partial charge in [0.15, 0.2) is 5.58 Å². The molecule has 0 spiro atoms. The van der Waals surface area contributed by atoms with Gasteiger partial charge in [0.05, 0.1) is 6.54 Å². The second-order valence-corrected chi connectivity index (χ2v) is 6.59. The van der Waals surface area contributed by atoms with Crippen molar-refractivity contribution >= 4 is 11.1 Å². The highest BCUT2D eigenvalue weighted by Gasteiger charge is 2.23. The van der Waals surface area contributed by atoms with Crippen molar-refractivity contribution in [1.29, 1.82) is 0 Å². The Morgan fingerprint density at radius 2 is 1.69 bits per heavy atom. The predicted molar refractivity (Wildman–Crippen MR) is 93.5 cm³/mol. The van der Waals surface area contributed by atoms with Crippen LogP contribution in [0.4, 0.5) is 8.78 Å². The van der Waals surface area contributed by atoms with Crippen LogP contribution in [0.15, 0.2) is 46.9 Å². The first-order chi connectivity index (χ1) is 12.7. The lowest BCUT2D eigenvalue weighted by atomic mass is 10.1. The Bertz CT molecular complexity index is 873. The summed E-state index contributed by atoms with van der Waals surface area (Å²) in [6, 6.07) is 11.2. The Balaban J connectivity index is 1.57. The quantitative estimate of drug-likeness (QED) is 0.682. The van der Waals surface area contributed by atoms with Crippen molar-refractivity contribution in [2.24, 2.45) is 0 Å². The van der Waals surface area contributed by atoms with Crippen LogP contribution >= 0.6 is 0 Å². The highest BCUT2D eigenvalue weighted by Crippen LogP contribution is 2.23. The fraction of sp³-hybridized carbons (Fsp3) is 0.350. The number of hydrogen-bond acceptors (Lipinski definition) is 4. The average Bonchev–Trinajstić information content (AvgIpc) is 3.05. The third kappa shape index (κ3) is 3.92. The van der Waals surface area contributed by atoms with E-state index in [9.17, 15) is 8.78 Å². The second kappa shape index (κ2) is 7.51. The van der Waals surface area contributed by atoms with E-state index in [-0.39, 0.29) is 11.6 Å². The molecule has 6 heteroatoms. The Kier molecular flexibility index (Phi) is 4.95. The molecule has 1 fully saturated rings. The Morgan fingerprint density at radius 3 is 2.46 bits per heavy atom. The Morgan fingerprint density at radius 1 is 0.962 bits per heavy atom. The van der Waals surface area contributed by atoms with E-state index < -0.39 is 0 Å². The van der Waals surface area contributed by atoms with Gasteiger partial charge in [-0.1, -0.05) is 12.1 Å².